The summed E-state index contributed by atoms with van der Waals surface area (Å²) in [5.74, 6) is 0.444. The van der Waals surface area contributed by atoms with E-state index >= 15 is 0 Å². The second kappa shape index (κ2) is 5.84. The van der Waals surface area contributed by atoms with Gasteiger partial charge in [0.1, 0.15) is 0 Å². The summed E-state index contributed by atoms with van der Waals surface area (Å²) < 4.78 is 5.02. The van der Waals surface area contributed by atoms with Crippen molar-refractivity contribution < 1.29 is 9.53 Å². The monoisotopic (exact) mass is 198 g/mol. The second-order valence-corrected chi connectivity index (χ2v) is 4.27. The molecule has 1 atom stereocenters. The van der Waals surface area contributed by atoms with Crippen LogP contribution in [-0.2, 0) is 9.53 Å². The molecule has 0 N–H and O–H groups in total. The van der Waals surface area contributed by atoms with Crippen LogP contribution in [0.25, 0.3) is 0 Å². The molecule has 2 heteroatoms. The van der Waals surface area contributed by atoms with Crippen LogP contribution in [0.1, 0.15) is 40.5 Å². The van der Waals surface area contributed by atoms with Crippen molar-refractivity contribution in [3.8, 4) is 0 Å². The molecule has 0 aromatic heterocycles. The van der Waals surface area contributed by atoms with Gasteiger partial charge in [0, 0.05) is 0 Å². The normalized spacial score (nSPS) is 14.9. The lowest BCUT2D eigenvalue weighted by Crippen LogP contribution is -2.28. The van der Waals surface area contributed by atoms with Gasteiger partial charge in [-0.3, -0.25) is 4.79 Å². The molecule has 82 valence electrons. The maximum Gasteiger partial charge on any atom is 0.315 e. The predicted octanol–water partition coefficient (Wildman–Crippen LogP) is 3.18. The molecule has 0 saturated carbocycles. The summed E-state index contributed by atoms with van der Waals surface area (Å²) in [6, 6.07) is 0. The highest BCUT2D eigenvalue weighted by atomic mass is 16.5. The second-order valence-electron chi connectivity index (χ2n) is 4.27. The van der Waals surface area contributed by atoms with E-state index in [-0.39, 0.29) is 5.97 Å². The highest BCUT2D eigenvalue weighted by Crippen LogP contribution is 2.28. The van der Waals surface area contributed by atoms with E-state index in [0.717, 1.165) is 12.8 Å². The van der Waals surface area contributed by atoms with Gasteiger partial charge in [0.05, 0.1) is 12.0 Å². The Bertz CT molecular complexity index is 196. The Hall–Kier alpha value is -0.790. The minimum absolute atomic E-state index is 0.157. The van der Waals surface area contributed by atoms with Gasteiger partial charge in [-0.05, 0) is 32.6 Å². The van der Waals surface area contributed by atoms with Gasteiger partial charge in [0.2, 0.25) is 0 Å². The average Bonchev–Trinajstić information content (AvgIpc) is 2.14. The number of carbonyl (C=O) groups is 1. The molecule has 14 heavy (non-hydrogen) atoms. The molecule has 0 fully saturated rings. The molecular formula is C12H22O2. The first kappa shape index (κ1) is 13.2. The molecule has 0 spiro atoms. The molecule has 0 rings (SSSR count). The first-order valence-electron chi connectivity index (χ1n) is 5.27. The van der Waals surface area contributed by atoms with Crippen LogP contribution in [0.2, 0.25) is 0 Å². The van der Waals surface area contributed by atoms with Crippen LogP contribution >= 0.6 is 0 Å². The van der Waals surface area contributed by atoms with Crippen molar-refractivity contribution in [1.82, 2.24) is 0 Å². The fourth-order valence-corrected chi connectivity index (χ4v) is 1.17. The van der Waals surface area contributed by atoms with Gasteiger partial charge < -0.3 is 4.74 Å². The largest absolute Gasteiger partial charge is 0.465 e. The third-order valence-electron chi connectivity index (χ3n) is 2.43. The summed E-state index contributed by atoms with van der Waals surface area (Å²) in [7, 11) is 0. The van der Waals surface area contributed by atoms with Crippen LogP contribution in [0.5, 0.6) is 0 Å². The minimum Gasteiger partial charge on any atom is -0.465 e. The van der Waals surface area contributed by atoms with Crippen molar-refractivity contribution in [2.24, 2.45) is 11.3 Å². The third-order valence-corrected chi connectivity index (χ3v) is 2.43. The number of rotatable bonds is 6. The molecule has 0 aromatic rings. The SMILES string of the molecule is C=CC(C)(CCC(C)C)C(=O)OCC. The van der Waals surface area contributed by atoms with Gasteiger partial charge in [-0.2, -0.15) is 0 Å². The van der Waals surface area contributed by atoms with E-state index in [1.165, 1.54) is 0 Å². The molecule has 0 bridgehead atoms. The van der Waals surface area contributed by atoms with Crippen LogP contribution < -0.4 is 0 Å². The Labute approximate surface area is 87.3 Å². The molecule has 0 saturated heterocycles. The van der Waals surface area contributed by atoms with E-state index in [2.05, 4.69) is 20.4 Å². The van der Waals surface area contributed by atoms with Gasteiger partial charge in [0.15, 0.2) is 0 Å². The zero-order valence-electron chi connectivity index (χ0n) is 9.80. The topological polar surface area (TPSA) is 26.3 Å². The predicted molar refractivity (Wildman–Crippen MR) is 59.0 cm³/mol. The zero-order valence-corrected chi connectivity index (χ0v) is 9.80. The smallest absolute Gasteiger partial charge is 0.315 e. The highest BCUT2D eigenvalue weighted by molar-refractivity contribution is 5.78. The van der Waals surface area contributed by atoms with Crippen LogP contribution in [0, 0.1) is 11.3 Å². The number of hydrogen-bond acceptors (Lipinski definition) is 2. The Morgan fingerprint density at radius 2 is 2.14 bits per heavy atom. The molecule has 0 aliphatic carbocycles. The summed E-state index contributed by atoms with van der Waals surface area (Å²) in [5, 5.41) is 0. The van der Waals surface area contributed by atoms with Gasteiger partial charge in [-0.15, -0.1) is 6.58 Å². The number of esters is 1. The summed E-state index contributed by atoms with van der Waals surface area (Å²) in [5.41, 5.74) is -0.514. The van der Waals surface area contributed by atoms with Crippen molar-refractivity contribution in [2.75, 3.05) is 6.61 Å². The lowest BCUT2D eigenvalue weighted by atomic mass is 9.83. The van der Waals surface area contributed by atoms with E-state index in [1.807, 2.05) is 13.8 Å². The molecule has 0 amide bonds. The molecule has 0 heterocycles. The summed E-state index contributed by atoms with van der Waals surface area (Å²) in [6.45, 7) is 12.2. The van der Waals surface area contributed by atoms with E-state index in [1.54, 1.807) is 6.08 Å². The number of carbonyl (C=O) groups excluding carboxylic acids is 1. The number of ether oxygens (including phenoxy) is 1. The van der Waals surface area contributed by atoms with Crippen LogP contribution in [0.15, 0.2) is 12.7 Å². The Morgan fingerprint density at radius 3 is 2.50 bits per heavy atom. The molecule has 0 aliphatic rings. The first-order chi connectivity index (χ1) is 6.46. The van der Waals surface area contributed by atoms with Crippen molar-refractivity contribution in [2.45, 2.75) is 40.5 Å². The fourth-order valence-electron chi connectivity index (χ4n) is 1.17. The van der Waals surface area contributed by atoms with Gasteiger partial charge in [-0.25, -0.2) is 0 Å². The van der Waals surface area contributed by atoms with Crippen LogP contribution in [0.3, 0.4) is 0 Å². The van der Waals surface area contributed by atoms with E-state index in [9.17, 15) is 4.79 Å². The minimum atomic E-state index is -0.514. The van der Waals surface area contributed by atoms with Gasteiger partial charge in [-0.1, -0.05) is 19.9 Å². The number of hydrogen-bond donors (Lipinski definition) is 0. The van der Waals surface area contributed by atoms with Crippen molar-refractivity contribution in [3.05, 3.63) is 12.7 Å². The van der Waals surface area contributed by atoms with Crippen molar-refractivity contribution in [3.63, 3.8) is 0 Å². The zero-order chi connectivity index (χ0) is 11.2. The lowest BCUT2D eigenvalue weighted by Gasteiger charge is -2.23. The molecule has 0 aromatic carbocycles. The molecule has 0 aliphatic heterocycles. The maximum absolute atomic E-state index is 11.6. The molecule has 1 unspecified atom stereocenters. The van der Waals surface area contributed by atoms with Crippen LogP contribution in [-0.4, -0.2) is 12.6 Å². The van der Waals surface area contributed by atoms with E-state index in [4.69, 9.17) is 4.74 Å². The van der Waals surface area contributed by atoms with Gasteiger partial charge >= 0.3 is 5.97 Å². The van der Waals surface area contributed by atoms with Crippen molar-refractivity contribution in [1.29, 1.82) is 0 Å². The quantitative estimate of drug-likeness (QED) is 0.484. The lowest BCUT2D eigenvalue weighted by molar-refractivity contribution is -0.152. The average molecular weight is 198 g/mol. The molecule has 2 nitrogen and oxygen atoms in total. The van der Waals surface area contributed by atoms with Crippen LogP contribution in [0.4, 0.5) is 0 Å². The summed E-state index contributed by atoms with van der Waals surface area (Å²) in [4.78, 5) is 11.6. The Kier molecular flexibility index (Phi) is 5.51. The highest BCUT2D eigenvalue weighted by Gasteiger charge is 2.30. The maximum atomic E-state index is 11.6. The summed E-state index contributed by atoms with van der Waals surface area (Å²) in [6.07, 6.45) is 3.53. The Morgan fingerprint density at radius 1 is 1.57 bits per heavy atom. The van der Waals surface area contributed by atoms with Gasteiger partial charge in [0.25, 0.3) is 0 Å². The standard InChI is InChI=1S/C12H22O2/c1-6-12(5,9-8-10(3)4)11(13)14-7-2/h6,10H,1,7-9H2,2-5H3. The summed E-state index contributed by atoms with van der Waals surface area (Å²) >= 11 is 0. The fraction of sp³-hybridized carbons (Fsp3) is 0.750. The van der Waals surface area contributed by atoms with E-state index < -0.39 is 5.41 Å². The van der Waals surface area contributed by atoms with Crippen molar-refractivity contribution >= 4 is 5.97 Å². The third kappa shape index (κ3) is 3.95. The first-order valence-corrected chi connectivity index (χ1v) is 5.27. The molecule has 0 radical (unpaired) electrons. The van der Waals surface area contributed by atoms with E-state index in [0.29, 0.717) is 12.5 Å². The molecular weight excluding hydrogens is 176 g/mol. The Balaban J connectivity index is 4.30.